The molecule has 6 nitrogen and oxygen atoms in total. The number of carbonyl (C=O) groups excluding carboxylic acids is 2. The summed E-state index contributed by atoms with van der Waals surface area (Å²) in [5, 5.41) is 1.83. The van der Waals surface area contributed by atoms with Gasteiger partial charge in [-0.3, -0.25) is 9.59 Å². The molecule has 0 aromatic heterocycles. The summed E-state index contributed by atoms with van der Waals surface area (Å²) < 4.78 is 50.4. The lowest BCUT2D eigenvalue weighted by molar-refractivity contribution is -0.220. The lowest BCUT2D eigenvalue weighted by Crippen LogP contribution is -2.55. The molecule has 3 atom stereocenters. The average molecular weight is 496 g/mol. The second-order valence-electron chi connectivity index (χ2n) is 8.72. The van der Waals surface area contributed by atoms with E-state index in [9.17, 15) is 22.8 Å². The van der Waals surface area contributed by atoms with Gasteiger partial charge in [0.1, 0.15) is 6.54 Å². The van der Waals surface area contributed by atoms with Crippen LogP contribution < -0.4 is 5.32 Å². The predicted octanol–water partition coefficient (Wildman–Crippen LogP) is 3.93. The van der Waals surface area contributed by atoms with E-state index in [1.54, 1.807) is 35.2 Å². The maximum Gasteiger partial charge on any atom is 0.405 e. The first-order valence-electron chi connectivity index (χ1n) is 11.4. The lowest BCUT2D eigenvalue weighted by atomic mass is 9.94. The highest BCUT2D eigenvalue weighted by Gasteiger charge is 2.61. The largest absolute Gasteiger partial charge is 0.405 e. The van der Waals surface area contributed by atoms with E-state index in [4.69, 9.17) is 9.47 Å². The third-order valence-electron chi connectivity index (χ3n) is 6.29. The van der Waals surface area contributed by atoms with Crippen molar-refractivity contribution < 1.29 is 32.2 Å². The Bertz CT molecular complexity index is 1180. The minimum absolute atomic E-state index is 0.0656. The molecule has 0 unspecified atom stereocenters. The van der Waals surface area contributed by atoms with Crippen molar-refractivity contribution in [1.82, 2.24) is 10.2 Å². The van der Waals surface area contributed by atoms with Gasteiger partial charge in [0.2, 0.25) is 5.79 Å². The second kappa shape index (κ2) is 9.40. The van der Waals surface area contributed by atoms with E-state index in [1.165, 1.54) is 0 Å². The van der Waals surface area contributed by atoms with Gasteiger partial charge in [-0.15, -0.1) is 0 Å². The van der Waals surface area contributed by atoms with Crippen molar-refractivity contribution in [3.63, 3.8) is 0 Å². The molecule has 0 aliphatic carbocycles. The maximum atomic E-state index is 13.8. The maximum absolute atomic E-state index is 13.8. The fraction of sp³-hybridized carbons (Fsp3) is 0.259. The Balaban J connectivity index is 1.56. The molecule has 2 saturated heterocycles. The van der Waals surface area contributed by atoms with Gasteiger partial charge in [0.25, 0.3) is 11.8 Å². The third-order valence-corrected chi connectivity index (χ3v) is 6.29. The zero-order valence-corrected chi connectivity index (χ0v) is 19.0. The number of nitrogens with zero attached hydrogens (tertiary/aromatic N) is 1. The molecule has 0 spiro atoms. The SMILES string of the molecule is O=C(NCC(F)(F)F)[C@@H]1O[C@]2(c3ccccc3)CN(C(c3ccccc3)c3ccccc3)C(=O)[C@H]1O2. The van der Waals surface area contributed by atoms with Gasteiger partial charge in [-0.25, -0.2) is 0 Å². The van der Waals surface area contributed by atoms with Gasteiger partial charge in [0, 0.05) is 5.56 Å². The number of hydrogen-bond donors (Lipinski definition) is 1. The molecule has 2 heterocycles. The molecule has 0 saturated carbocycles. The molecule has 2 aliphatic heterocycles. The quantitative estimate of drug-likeness (QED) is 0.562. The number of hydrogen-bond acceptors (Lipinski definition) is 4. The van der Waals surface area contributed by atoms with Crippen molar-refractivity contribution in [1.29, 1.82) is 0 Å². The molecule has 0 radical (unpaired) electrons. The summed E-state index contributed by atoms with van der Waals surface area (Å²) >= 11 is 0. The Hall–Kier alpha value is -3.69. The number of rotatable bonds is 6. The number of ether oxygens (including phenoxy) is 2. The summed E-state index contributed by atoms with van der Waals surface area (Å²) in [5.74, 6) is -3.12. The van der Waals surface area contributed by atoms with Crippen LogP contribution in [0.15, 0.2) is 91.0 Å². The Morgan fingerprint density at radius 3 is 1.97 bits per heavy atom. The summed E-state index contributed by atoms with van der Waals surface area (Å²) in [5.41, 5.74) is 2.22. The van der Waals surface area contributed by atoms with E-state index >= 15 is 0 Å². The smallest absolute Gasteiger partial charge is 0.345 e. The number of benzene rings is 3. The summed E-state index contributed by atoms with van der Waals surface area (Å²) in [6.07, 6.45) is -7.57. The Morgan fingerprint density at radius 2 is 1.44 bits per heavy atom. The molecular formula is C27H23F3N2O4. The topological polar surface area (TPSA) is 67.9 Å². The van der Waals surface area contributed by atoms with Crippen LogP contribution in [0.5, 0.6) is 0 Å². The number of morpholine rings is 1. The van der Waals surface area contributed by atoms with Crippen LogP contribution in [0.1, 0.15) is 22.7 Å². The van der Waals surface area contributed by atoms with Crippen LogP contribution in [0.3, 0.4) is 0 Å². The Kier molecular flexibility index (Phi) is 6.27. The van der Waals surface area contributed by atoms with Gasteiger partial charge >= 0.3 is 6.18 Å². The number of alkyl halides is 3. The van der Waals surface area contributed by atoms with Crippen LogP contribution in [-0.4, -0.2) is 48.2 Å². The van der Waals surface area contributed by atoms with E-state index < -0.39 is 48.6 Å². The minimum atomic E-state index is -4.61. The molecular weight excluding hydrogens is 473 g/mol. The number of nitrogens with one attached hydrogen (secondary N) is 1. The summed E-state index contributed by atoms with van der Waals surface area (Å²) in [6, 6.07) is 27.0. The van der Waals surface area contributed by atoms with Gasteiger partial charge < -0.3 is 19.7 Å². The highest BCUT2D eigenvalue weighted by atomic mass is 19.4. The molecule has 9 heteroatoms. The normalized spacial score (nSPS) is 23.7. The van der Waals surface area contributed by atoms with E-state index in [2.05, 4.69) is 0 Å². The summed E-state index contributed by atoms with van der Waals surface area (Å²) in [4.78, 5) is 28.1. The van der Waals surface area contributed by atoms with Crippen molar-refractivity contribution in [2.75, 3.05) is 13.1 Å². The molecule has 3 aromatic rings. The van der Waals surface area contributed by atoms with Crippen LogP contribution in [0.2, 0.25) is 0 Å². The van der Waals surface area contributed by atoms with Gasteiger partial charge in [0.05, 0.1) is 12.6 Å². The first-order chi connectivity index (χ1) is 17.3. The fourth-order valence-electron chi connectivity index (χ4n) is 4.72. The Labute approximate surface area is 205 Å². The third kappa shape index (κ3) is 4.59. The molecule has 36 heavy (non-hydrogen) atoms. The number of amides is 2. The molecule has 2 aliphatic rings. The Morgan fingerprint density at radius 1 is 0.917 bits per heavy atom. The van der Waals surface area contributed by atoms with E-state index in [1.807, 2.05) is 66.0 Å². The molecule has 1 N–H and O–H groups in total. The summed E-state index contributed by atoms with van der Waals surface area (Å²) in [6.45, 7) is -1.60. The van der Waals surface area contributed by atoms with Crippen molar-refractivity contribution in [3.8, 4) is 0 Å². The van der Waals surface area contributed by atoms with Crippen LogP contribution >= 0.6 is 0 Å². The molecule has 2 amide bonds. The molecule has 5 rings (SSSR count). The first kappa shape index (κ1) is 24.0. The number of fused-ring (bicyclic) bond motifs is 2. The van der Waals surface area contributed by atoms with E-state index in [0.717, 1.165) is 11.1 Å². The standard InChI is InChI=1S/C27H23F3N2O4/c28-27(29,30)16-31-24(33)22-23-25(34)32(17-26(35-22,36-23)20-14-8-3-9-15-20)21(18-10-4-1-5-11-18)19-12-6-2-7-13-19/h1-15,21-23H,16-17H2,(H,31,33)/t22-,23+,26-/m1/s1. The molecule has 2 fully saturated rings. The zero-order chi connectivity index (χ0) is 25.3. The first-order valence-corrected chi connectivity index (χ1v) is 11.4. The van der Waals surface area contributed by atoms with Gasteiger partial charge in [-0.05, 0) is 11.1 Å². The van der Waals surface area contributed by atoms with E-state index in [0.29, 0.717) is 5.56 Å². The van der Waals surface area contributed by atoms with Crippen molar-refractivity contribution in [2.45, 2.75) is 30.2 Å². The van der Waals surface area contributed by atoms with Gasteiger partial charge in [-0.2, -0.15) is 13.2 Å². The fourth-order valence-corrected chi connectivity index (χ4v) is 4.72. The highest BCUT2D eigenvalue weighted by Crippen LogP contribution is 2.46. The molecule has 186 valence electrons. The monoisotopic (exact) mass is 496 g/mol. The lowest BCUT2D eigenvalue weighted by Gasteiger charge is -2.42. The van der Waals surface area contributed by atoms with E-state index in [-0.39, 0.29) is 6.54 Å². The predicted molar refractivity (Wildman–Crippen MR) is 123 cm³/mol. The van der Waals surface area contributed by atoms with Crippen LogP contribution in [0.4, 0.5) is 13.2 Å². The minimum Gasteiger partial charge on any atom is -0.345 e. The molecule has 2 bridgehead atoms. The average Bonchev–Trinajstić information content (AvgIpc) is 3.23. The highest BCUT2D eigenvalue weighted by molar-refractivity contribution is 5.93. The van der Waals surface area contributed by atoms with Crippen molar-refractivity contribution >= 4 is 11.8 Å². The second-order valence-corrected chi connectivity index (χ2v) is 8.72. The molecule has 3 aromatic carbocycles. The van der Waals surface area contributed by atoms with Gasteiger partial charge in [0.15, 0.2) is 12.2 Å². The summed E-state index contributed by atoms with van der Waals surface area (Å²) in [7, 11) is 0. The van der Waals surface area contributed by atoms with Crippen LogP contribution in [-0.2, 0) is 24.8 Å². The van der Waals surface area contributed by atoms with Crippen molar-refractivity contribution in [2.24, 2.45) is 0 Å². The number of carbonyl (C=O) groups is 2. The van der Waals surface area contributed by atoms with Crippen LogP contribution in [0, 0.1) is 0 Å². The van der Waals surface area contributed by atoms with Crippen LogP contribution in [0.25, 0.3) is 0 Å². The number of halogens is 3. The van der Waals surface area contributed by atoms with Crippen molar-refractivity contribution in [3.05, 3.63) is 108 Å². The van der Waals surface area contributed by atoms with Gasteiger partial charge in [-0.1, -0.05) is 91.0 Å². The zero-order valence-electron chi connectivity index (χ0n) is 19.0.